The summed E-state index contributed by atoms with van der Waals surface area (Å²) in [6.07, 6.45) is 1.28. The molecule has 1 aromatic heterocycles. The summed E-state index contributed by atoms with van der Waals surface area (Å²) in [4.78, 5) is 48.3. The van der Waals surface area contributed by atoms with Crippen LogP contribution in [0, 0.1) is 17.1 Å². The first-order valence-electron chi connectivity index (χ1n) is 16.3. The van der Waals surface area contributed by atoms with E-state index in [0.717, 1.165) is 16.3 Å². The fraction of sp³-hybridized carbons (Fsp3) is 0.297. The number of methoxy groups -OCH3 is 2. The number of nitrogens with one attached hydrogen (secondary N) is 1. The molecule has 0 unspecified atom stereocenters. The molecule has 0 saturated carbocycles. The van der Waals surface area contributed by atoms with Crippen LogP contribution in [0.2, 0.25) is 0 Å². The highest BCUT2D eigenvalue weighted by molar-refractivity contribution is 7.20. The van der Waals surface area contributed by atoms with Gasteiger partial charge in [-0.05, 0) is 42.5 Å². The molecule has 54 heavy (non-hydrogen) atoms. The van der Waals surface area contributed by atoms with Crippen molar-refractivity contribution in [2.75, 3.05) is 47.7 Å². The molecule has 1 heterocycles. The standard InChI is InChI=1S/C24H22FN3O5S.C13H18N2O5/c1-28(27-14-17-16-4-3-5-18(25)24(16)34-22(17)13-26)23(31)9-7-19(30)15-6-8-20(32-2)21(12-15)33-11-10-29;1-19-11-4-2-9(8-12(11)20-7-6-16)10(17)3-5-13(18)15-14/h3-6,8,12,14,29H,7,9-11H2,1-2H3;2,4,8,16H,3,5-7,14H2,1H3,(H,15,18)/b27-14+;. The van der Waals surface area contributed by atoms with Gasteiger partial charge in [0.1, 0.15) is 30.0 Å². The zero-order valence-corrected chi connectivity index (χ0v) is 30.6. The van der Waals surface area contributed by atoms with Crippen molar-refractivity contribution in [2.24, 2.45) is 10.9 Å². The number of fused-ring (bicyclic) bond motifs is 1. The Morgan fingerprint density at radius 2 is 1.44 bits per heavy atom. The highest BCUT2D eigenvalue weighted by Crippen LogP contribution is 2.32. The van der Waals surface area contributed by atoms with E-state index in [1.54, 1.807) is 36.4 Å². The Bertz CT molecular complexity index is 2010. The number of hydrogen-bond acceptors (Lipinski definition) is 14. The summed E-state index contributed by atoms with van der Waals surface area (Å²) in [5.41, 5.74) is 3.15. The number of hydrazone groups is 1. The third-order valence-corrected chi connectivity index (χ3v) is 8.64. The molecule has 0 spiro atoms. The van der Waals surface area contributed by atoms with E-state index in [1.807, 2.05) is 11.5 Å². The number of nitrogens with zero attached hydrogens (tertiary/aromatic N) is 3. The molecular formula is C37H40FN5O10S. The van der Waals surface area contributed by atoms with E-state index in [2.05, 4.69) is 5.10 Å². The fourth-order valence-corrected chi connectivity index (χ4v) is 5.71. The predicted octanol–water partition coefficient (Wildman–Crippen LogP) is 3.77. The first kappa shape index (κ1) is 42.5. The van der Waals surface area contributed by atoms with Gasteiger partial charge in [0.15, 0.2) is 34.6 Å². The van der Waals surface area contributed by atoms with Crippen molar-refractivity contribution in [2.45, 2.75) is 25.7 Å². The lowest BCUT2D eigenvalue weighted by atomic mass is 10.1. The van der Waals surface area contributed by atoms with Gasteiger partial charge in [-0.15, -0.1) is 11.3 Å². The Balaban J connectivity index is 0.000000334. The Kier molecular flexibility index (Phi) is 17.0. The van der Waals surface area contributed by atoms with Gasteiger partial charge < -0.3 is 29.2 Å². The van der Waals surface area contributed by atoms with Crippen molar-refractivity contribution in [3.8, 4) is 29.1 Å². The zero-order valence-electron chi connectivity index (χ0n) is 29.8. The Morgan fingerprint density at radius 1 is 0.889 bits per heavy atom. The molecule has 0 aliphatic carbocycles. The van der Waals surface area contributed by atoms with Gasteiger partial charge in [-0.3, -0.25) is 24.6 Å². The second kappa shape index (κ2) is 21.6. The molecular weight excluding hydrogens is 725 g/mol. The number of rotatable bonds is 18. The van der Waals surface area contributed by atoms with Crippen molar-refractivity contribution in [3.63, 3.8) is 0 Å². The van der Waals surface area contributed by atoms with Crippen LogP contribution in [0.4, 0.5) is 4.39 Å². The molecule has 0 fully saturated rings. The Labute approximate surface area is 314 Å². The van der Waals surface area contributed by atoms with Gasteiger partial charge in [0.2, 0.25) is 11.8 Å². The maximum atomic E-state index is 14.0. The summed E-state index contributed by atoms with van der Waals surface area (Å²) in [6, 6.07) is 16.0. The van der Waals surface area contributed by atoms with Crippen molar-refractivity contribution in [1.82, 2.24) is 10.4 Å². The van der Waals surface area contributed by atoms with Crippen molar-refractivity contribution < 1.29 is 52.7 Å². The summed E-state index contributed by atoms with van der Waals surface area (Å²) in [6.45, 7) is -0.175. The topological polar surface area (TPSA) is 223 Å². The molecule has 4 rings (SSSR count). The monoisotopic (exact) mass is 765 g/mol. The maximum Gasteiger partial charge on any atom is 0.242 e. The summed E-state index contributed by atoms with van der Waals surface area (Å²) >= 11 is 1.02. The second-order valence-electron chi connectivity index (χ2n) is 11.0. The predicted molar refractivity (Wildman–Crippen MR) is 197 cm³/mol. The van der Waals surface area contributed by atoms with Gasteiger partial charge in [-0.25, -0.2) is 15.2 Å². The molecule has 0 bridgehead atoms. The van der Waals surface area contributed by atoms with Crippen LogP contribution in [0.15, 0.2) is 59.7 Å². The highest BCUT2D eigenvalue weighted by Gasteiger charge is 2.17. The average Bonchev–Trinajstić information content (AvgIpc) is 3.57. The second-order valence-corrected chi connectivity index (χ2v) is 12.0. The number of ether oxygens (including phenoxy) is 4. The molecule has 3 aromatic carbocycles. The quantitative estimate of drug-likeness (QED) is 0.0374. The minimum Gasteiger partial charge on any atom is -0.493 e. The Morgan fingerprint density at radius 3 is 1.94 bits per heavy atom. The lowest BCUT2D eigenvalue weighted by Gasteiger charge is -2.12. The third kappa shape index (κ3) is 11.8. The molecule has 0 aliphatic rings. The molecule has 0 saturated heterocycles. The normalized spacial score (nSPS) is 10.6. The molecule has 0 radical (unpaired) electrons. The number of Topliss-reactive ketones (excluding diaryl/α,β-unsaturated/α-hetero) is 2. The van der Waals surface area contributed by atoms with Gasteiger partial charge in [0.05, 0.1) is 38.3 Å². The summed E-state index contributed by atoms with van der Waals surface area (Å²) in [5, 5.41) is 32.8. The van der Waals surface area contributed by atoms with Crippen molar-refractivity contribution >= 4 is 51.0 Å². The molecule has 2 amide bonds. The van der Waals surface area contributed by atoms with E-state index in [0.29, 0.717) is 54.7 Å². The van der Waals surface area contributed by atoms with E-state index in [1.165, 1.54) is 45.7 Å². The van der Waals surface area contributed by atoms with Crippen LogP contribution in [0.3, 0.4) is 0 Å². The minimum atomic E-state index is -0.426. The zero-order chi connectivity index (χ0) is 39.6. The van der Waals surface area contributed by atoms with Crippen LogP contribution < -0.4 is 30.2 Å². The number of benzene rings is 3. The fourth-order valence-electron chi connectivity index (χ4n) is 4.73. The number of nitriles is 1. The van der Waals surface area contributed by atoms with Crippen LogP contribution in [0.1, 0.15) is 56.8 Å². The third-order valence-electron chi connectivity index (χ3n) is 7.50. The number of hydrogen-bond donors (Lipinski definition) is 4. The molecule has 4 aromatic rings. The number of carbonyl (C=O) groups is 4. The largest absolute Gasteiger partial charge is 0.493 e. The smallest absolute Gasteiger partial charge is 0.242 e. The van der Waals surface area contributed by atoms with E-state index >= 15 is 0 Å². The highest BCUT2D eigenvalue weighted by atomic mass is 32.1. The van der Waals surface area contributed by atoms with Gasteiger partial charge in [-0.1, -0.05) is 12.1 Å². The maximum absolute atomic E-state index is 14.0. The van der Waals surface area contributed by atoms with Crippen LogP contribution in [0.25, 0.3) is 10.1 Å². The van der Waals surface area contributed by atoms with Crippen LogP contribution in [-0.4, -0.2) is 92.5 Å². The molecule has 15 nitrogen and oxygen atoms in total. The van der Waals surface area contributed by atoms with Gasteiger partial charge >= 0.3 is 0 Å². The van der Waals surface area contributed by atoms with Crippen LogP contribution in [0.5, 0.6) is 23.0 Å². The first-order valence-corrected chi connectivity index (χ1v) is 17.1. The molecule has 0 atom stereocenters. The first-order chi connectivity index (χ1) is 26.0. The van der Waals surface area contributed by atoms with E-state index in [4.69, 9.17) is 35.0 Å². The summed E-state index contributed by atoms with van der Waals surface area (Å²) in [5.74, 6) is 4.82. The number of carbonyl (C=O) groups excluding carboxylic acids is 4. The molecule has 0 aliphatic heterocycles. The number of nitrogens with two attached hydrogens (primary N) is 1. The van der Waals surface area contributed by atoms with Gasteiger partial charge in [0, 0.05) is 54.8 Å². The van der Waals surface area contributed by atoms with E-state index < -0.39 is 17.6 Å². The van der Waals surface area contributed by atoms with E-state index in [-0.39, 0.29) is 63.7 Å². The van der Waals surface area contributed by atoms with Crippen LogP contribution in [-0.2, 0) is 9.59 Å². The van der Waals surface area contributed by atoms with Gasteiger partial charge in [-0.2, -0.15) is 10.4 Å². The SMILES string of the molecule is COc1ccc(C(=O)CCC(=O)N(C)/N=C/c2c(C#N)sc3c(F)cccc23)cc1OCCO.COc1ccc(C(=O)CCC(=O)NN)cc1OCCO. The number of ketones is 2. The molecule has 286 valence electrons. The lowest BCUT2D eigenvalue weighted by Crippen LogP contribution is -2.30. The number of aliphatic hydroxyl groups is 2. The van der Waals surface area contributed by atoms with E-state index in [9.17, 15) is 28.8 Å². The number of hydrazine groups is 1. The number of aliphatic hydroxyl groups excluding tert-OH is 2. The Hall–Kier alpha value is -5.93. The molecule has 17 heteroatoms. The summed E-state index contributed by atoms with van der Waals surface area (Å²) < 4.78 is 35.3. The number of amides is 2. The van der Waals surface area contributed by atoms with Crippen LogP contribution >= 0.6 is 11.3 Å². The lowest BCUT2D eigenvalue weighted by molar-refractivity contribution is -0.129. The van der Waals surface area contributed by atoms with Gasteiger partial charge in [0.25, 0.3) is 0 Å². The van der Waals surface area contributed by atoms with Crippen molar-refractivity contribution in [1.29, 1.82) is 5.26 Å². The average molecular weight is 766 g/mol. The summed E-state index contributed by atoms with van der Waals surface area (Å²) in [7, 11) is 4.39. The molecule has 5 N–H and O–H groups in total. The minimum absolute atomic E-state index is 0.0220. The van der Waals surface area contributed by atoms with Crippen molar-refractivity contribution in [3.05, 3.63) is 82.0 Å². The number of halogens is 1. The number of thiophene rings is 1.